The van der Waals surface area contributed by atoms with Gasteiger partial charge in [-0.2, -0.15) is 17.5 Å². The van der Waals surface area contributed by atoms with Crippen LogP contribution in [0, 0.1) is 5.82 Å². The van der Waals surface area contributed by atoms with Gasteiger partial charge in [0, 0.05) is 13.1 Å². The molecular formula is C17H17F4NO2S. The summed E-state index contributed by atoms with van der Waals surface area (Å²) < 4.78 is 79.6. The Bertz CT molecular complexity index is 805. The van der Waals surface area contributed by atoms with E-state index < -0.39 is 33.3 Å². The summed E-state index contributed by atoms with van der Waals surface area (Å²) >= 11 is 0. The molecule has 0 unspecified atom stereocenters. The molecule has 0 aliphatic rings. The van der Waals surface area contributed by atoms with E-state index in [0.717, 1.165) is 31.3 Å². The van der Waals surface area contributed by atoms with Crippen LogP contribution in [0.1, 0.15) is 29.3 Å². The molecule has 0 fully saturated rings. The lowest BCUT2D eigenvalue weighted by Crippen LogP contribution is -2.39. The van der Waals surface area contributed by atoms with E-state index in [9.17, 15) is 26.0 Å². The quantitative estimate of drug-likeness (QED) is 0.724. The number of rotatable bonds is 5. The van der Waals surface area contributed by atoms with E-state index >= 15 is 0 Å². The van der Waals surface area contributed by atoms with Gasteiger partial charge in [0.15, 0.2) is 5.25 Å². The number of hydrogen-bond donors (Lipinski definition) is 0. The van der Waals surface area contributed by atoms with Crippen molar-refractivity contribution in [1.82, 2.24) is 4.31 Å². The van der Waals surface area contributed by atoms with Gasteiger partial charge in [0.05, 0.1) is 0 Å². The zero-order chi connectivity index (χ0) is 18.8. The third kappa shape index (κ3) is 4.19. The minimum absolute atomic E-state index is 0.354. The third-order valence-electron chi connectivity index (χ3n) is 4.00. The van der Waals surface area contributed by atoms with Crippen LogP contribution < -0.4 is 0 Å². The highest BCUT2D eigenvalue weighted by molar-refractivity contribution is 7.89. The molecule has 0 N–H and O–H groups in total. The molecule has 0 aliphatic heterocycles. The van der Waals surface area contributed by atoms with Crippen LogP contribution in [0.3, 0.4) is 0 Å². The van der Waals surface area contributed by atoms with Gasteiger partial charge in [0.25, 0.3) is 0 Å². The highest BCUT2D eigenvalue weighted by Crippen LogP contribution is 2.42. The SMILES string of the molecule is C[C@@H](c1ccc(F)cc1)N(C)S(=O)(=O)[C@@H](c1ccccc1)C(F)(F)F. The fraction of sp³-hybridized carbons (Fsp3) is 0.294. The topological polar surface area (TPSA) is 37.4 Å². The Morgan fingerprint density at radius 2 is 1.44 bits per heavy atom. The van der Waals surface area contributed by atoms with Crippen molar-refractivity contribution in [2.75, 3.05) is 7.05 Å². The lowest BCUT2D eigenvalue weighted by molar-refractivity contribution is -0.132. The molecule has 0 aliphatic carbocycles. The summed E-state index contributed by atoms with van der Waals surface area (Å²) in [5.41, 5.74) is 0.0367. The van der Waals surface area contributed by atoms with Gasteiger partial charge in [-0.1, -0.05) is 42.5 Å². The molecule has 2 rings (SSSR count). The fourth-order valence-corrected chi connectivity index (χ4v) is 4.23. The van der Waals surface area contributed by atoms with Crippen molar-refractivity contribution in [3.8, 4) is 0 Å². The summed E-state index contributed by atoms with van der Waals surface area (Å²) in [6.45, 7) is 1.45. The minimum Gasteiger partial charge on any atom is -0.211 e. The smallest absolute Gasteiger partial charge is 0.211 e. The number of alkyl halides is 3. The van der Waals surface area contributed by atoms with E-state index in [1.165, 1.54) is 37.3 Å². The number of benzene rings is 2. The van der Waals surface area contributed by atoms with Crippen LogP contribution in [0.4, 0.5) is 17.6 Å². The Morgan fingerprint density at radius 3 is 1.92 bits per heavy atom. The molecule has 0 heterocycles. The predicted octanol–water partition coefficient (Wildman–Crippen LogP) is 4.45. The van der Waals surface area contributed by atoms with Crippen LogP contribution in [0.15, 0.2) is 54.6 Å². The highest BCUT2D eigenvalue weighted by atomic mass is 32.2. The Labute approximate surface area is 143 Å². The average molecular weight is 375 g/mol. The average Bonchev–Trinajstić information content (AvgIpc) is 2.53. The highest BCUT2D eigenvalue weighted by Gasteiger charge is 2.51. The van der Waals surface area contributed by atoms with Crippen LogP contribution in [0.5, 0.6) is 0 Å². The Balaban J connectivity index is 2.44. The second kappa shape index (κ2) is 7.13. The normalized spacial score (nSPS) is 15.2. The second-order valence-corrected chi connectivity index (χ2v) is 7.70. The summed E-state index contributed by atoms with van der Waals surface area (Å²) in [7, 11) is -3.67. The van der Waals surface area contributed by atoms with Gasteiger partial charge in [0.2, 0.25) is 10.0 Å². The standard InChI is InChI=1S/C17H17F4NO2S/c1-12(13-8-10-15(18)11-9-13)22(2)25(23,24)16(17(19,20)21)14-6-4-3-5-7-14/h3-12,16H,1-2H3/t12-,16-/m0/s1. The first-order chi connectivity index (χ1) is 11.5. The Hall–Kier alpha value is -1.93. The van der Waals surface area contributed by atoms with Gasteiger partial charge in [-0.15, -0.1) is 0 Å². The largest absolute Gasteiger partial charge is 0.410 e. The van der Waals surface area contributed by atoms with E-state index in [1.54, 1.807) is 0 Å². The van der Waals surface area contributed by atoms with Crippen LogP contribution in [-0.2, 0) is 10.0 Å². The van der Waals surface area contributed by atoms with Crippen molar-refractivity contribution in [2.24, 2.45) is 0 Å². The summed E-state index contributed by atoms with van der Waals surface area (Å²) in [5.74, 6) is -0.515. The van der Waals surface area contributed by atoms with Crippen molar-refractivity contribution in [2.45, 2.75) is 24.4 Å². The monoisotopic (exact) mass is 375 g/mol. The zero-order valence-electron chi connectivity index (χ0n) is 13.5. The number of hydrogen-bond acceptors (Lipinski definition) is 2. The van der Waals surface area contributed by atoms with E-state index in [4.69, 9.17) is 0 Å². The molecular weight excluding hydrogens is 358 g/mol. The molecule has 0 spiro atoms. The van der Waals surface area contributed by atoms with Gasteiger partial charge in [0.1, 0.15) is 5.82 Å². The van der Waals surface area contributed by atoms with Crippen LogP contribution >= 0.6 is 0 Å². The number of sulfonamides is 1. The van der Waals surface area contributed by atoms with Crippen LogP contribution in [0.2, 0.25) is 0 Å². The van der Waals surface area contributed by atoms with E-state index in [1.807, 2.05) is 0 Å². The number of halogens is 4. The molecule has 2 aromatic rings. The van der Waals surface area contributed by atoms with Gasteiger partial charge in [-0.05, 0) is 30.2 Å². The first-order valence-corrected chi connectivity index (χ1v) is 8.89. The Morgan fingerprint density at radius 1 is 0.920 bits per heavy atom. The van der Waals surface area contributed by atoms with Gasteiger partial charge < -0.3 is 0 Å². The first kappa shape index (κ1) is 19.4. The van der Waals surface area contributed by atoms with Crippen molar-refractivity contribution in [3.05, 3.63) is 71.5 Å². The summed E-state index contributed by atoms with van der Waals surface area (Å²) in [5, 5.41) is -2.67. The van der Waals surface area contributed by atoms with E-state index in [0.29, 0.717) is 9.87 Å². The van der Waals surface area contributed by atoms with Crippen LogP contribution in [-0.4, -0.2) is 25.9 Å². The molecule has 136 valence electrons. The van der Waals surface area contributed by atoms with E-state index in [-0.39, 0.29) is 5.56 Å². The molecule has 25 heavy (non-hydrogen) atoms. The van der Waals surface area contributed by atoms with Crippen molar-refractivity contribution < 1.29 is 26.0 Å². The first-order valence-electron chi connectivity index (χ1n) is 7.39. The maximum Gasteiger partial charge on any atom is 0.410 e. The maximum absolute atomic E-state index is 13.5. The van der Waals surface area contributed by atoms with Crippen molar-refractivity contribution in [3.63, 3.8) is 0 Å². The zero-order valence-corrected chi connectivity index (χ0v) is 14.4. The molecule has 8 heteroatoms. The van der Waals surface area contributed by atoms with Crippen LogP contribution in [0.25, 0.3) is 0 Å². The lowest BCUT2D eigenvalue weighted by Gasteiger charge is -2.30. The molecule has 2 aromatic carbocycles. The Kier molecular flexibility index (Phi) is 5.53. The molecule has 0 aromatic heterocycles. The lowest BCUT2D eigenvalue weighted by atomic mass is 10.1. The minimum atomic E-state index is -4.98. The predicted molar refractivity (Wildman–Crippen MR) is 86.7 cm³/mol. The molecule has 3 nitrogen and oxygen atoms in total. The molecule has 0 radical (unpaired) electrons. The molecule has 0 saturated heterocycles. The van der Waals surface area contributed by atoms with Crippen molar-refractivity contribution in [1.29, 1.82) is 0 Å². The third-order valence-corrected chi connectivity index (χ3v) is 6.25. The molecule has 2 atom stereocenters. The number of nitrogens with zero attached hydrogens (tertiary/aromatic N) is 1. The molecule has 0 bridgehead atoms. The summed E-state index contributed by atoms with van der Waals surface area (Å²) in [6.07, 6.45) is -4.98. The van der Waals surface area contributed by atoms with Gasteiger partial charge in [-0.3, -0.25) is 0 Å². The van der Waals surface area contributed by atoms with Gasteiger partial charge in [-0.25, -0.2) is 12.8 Å². The molecule has 0 saturated carbocycles. The summed E-state index contributed by atoms with van der Waals surface area (Å²) in [4.78, 5) is 0. The molecule has 0 amide bonds. The maximum atomic E-state index is 13.5. The van der Waals surface area contributed by atoms with Gasteiger partial charge >= 0.3 is 6.18 Å². The summed E-state index contributed by atoms with van der Waals surface area (Å²) in [6, 6.07) is 10.5. The van der Waals surface area contributed by atoms with E-state index in [2.05, 4.69) is 0 Å². The van der Waals surface area contributed by atoms with Crippen molar-refractivity contribution >= 4 is 10.0 Å². The second-order valence-electron chi connectivity index (χ2n) is 5.62. The fourth-order valence-electron chi connectivity index (χ4n) is 2.50.